The van der Waals surface area contributed by atoms with Crippen molar-refractivity contribution in [1.82, 2.24) is 4.98 Å². The standard InChI is InChI=1S/C17H14N2OS/c18-17(21)14-3-1-5-15(10-14)20-11-12-6-7-16-13(9-12)4-2-8-19-16/h1-10H,11H2,(H2,18,21). The quantitative estimate of drug-likeness (QED) is 0.749. The fourth-order valence-electron chi connectivity index (χ4n) is 2.12. The van der Waals surface area contributed by atoms with Gasteiger partial charge in [-0.1, -0.05) is 36.5 Å². The van der Waals surface area contributed by atoms with Crippen molar-refractivity contribution in [2.24, 2.45) is 5.73 Å². The molecule has 0 saturated carbocycles. The summed E-state index contributed by atoms with van der Waals surface area (Å²) in [5, 5.41) is 1.11. The third kappa shape index (κ3) is 3.17. The molecule has 4 heteroatoms. The van der Waals surface area contributed by atoms with E-state index in [-0.39, 0.29) is 0 Å². The third-order valence-electron chi connectivity index (χ3n) is 3.19. The Morgan fingerprint density at radius 2 is 2.00 bits per heavy atom. The van der Waals surface area contributed by atoms with Gasteiger partial charge in [-0.2, -0.15) is 0 Å². The lowest BCUT2D eigenvalue weighted by Crippen LogP contribution is -2.09. The van der Waals surface area contributed by atoms with Gasteiger partial charge in [0.1, 0.15) is 17.3 Å². The van der Waals surface area contributed by atoms with Crippen molar-refractivity contribution >= 4 is 28.1 Å². The number of pyridine rings is 1. The fraction of sp³-hybridized carbons (Fsp3) is 0.0588. The molecule has 21 heavy (non-hydrogen) atoms. The van der Waals surface area contributed by atoms with E-state index in [0.717, 1.165) is 27.8 Å². The summed E-state index contributed by atoms with van der Waals surface area (Å²) in [5.41, 5.74) is 8.51. The van der Waals surface area contributed by atoms with E-state index < -0.39 is 0 Å². The predicted molar refractivity (Wildman–Crippen MR) is 88.4 cm³/mol. The Morgan fingerprint density at radius 1 is 1.10 bits per heavy atom. The second-order valence-corrected chi connectivity index (χ2v) is 5.15. The number of hydrogen-bond acceptors (Lipinski definition) is 3. The second-order valence-electron chi connectivity index (χ2n) is 4.71. The summed E-state index contributed by atoms with van der Waals surface area (Å²) in [7, 11) is 0. The van der Waals surface area contributed by atoms with Crippen LogP contribution >= 0.6 is 12.2 Å². The average Bonchev–Trinajstić information content (AvgIpc) is 2.53. The number of benzene rings is 2. The van der Waals surface area contributed by atoms with Crippen molar-refractivity contribution in [3.63, 3.8) is 0 Å². The molecule has 0 atom stereocenters. The van der Waals surface area contributed by atoms with Crippen LogP contribution in [-0.4, -0.2) is 9.97 Å². The molecule has 0 saturated heterocycles. The molecular weight excluding hydrogens is 280 g/mol. The lowest BCUT2D eigenvalue weighted by molar-refractivity contribution is 0.306. The molecule has 0 bridgehead atoms. The summed E-state index contributed by atoms with van der Waals surface area (Å²) in [6, 6.07) is 17.6. The predicted octanol–water partition coefficient (Wildman–Crippen LogP) is 3.45. The smallest absolute Gasteiger partial charge is 0.120 e. The molecule has 3 nitrogen and oxygen atoms in total. The first-order valence-electron chi connectivity index (χ1n) is 6.59. The van der Waals surface area contributed by atoms with Crippen LogP contribution in [0.15, 0.2) is 60.8 Å². The highest BCUT2D eigenvalue weighted by Crippen LogP contribution is 2.17. The van der Waals surface area contributed by atoms with Crippen LogP contribution in [0.2, 0.25) is 0 Å². The summed E-state index contributed by atoms with van der Waals surface area (Å²) >= 11 is 4.97. The van der Waals surface area contributed by atoms with Crippen molar-refractivity contribution in [3.8, 4) is 5.75 Å². The number of thiocarbonyl (C=S) groups is 1. The van der Waals surface area contributed by atoms with E-state index in [1.807, 2.05) is 48.5 Å². The van der Waals surface area contributed by atoms with E-state index >= 15 is 0 Å². The molecule has 2 aromatic carbocycles. The Balaban J connectivity index is 1.77. The number of nitrogens with zero attached hydrogens (tertiary/aromatic N) is 1. The van der Waals surface area contributed by atoms with Crippen LogP contribution in [-0.2, 0) is 6.61 Å². The number of nitrogens with two attached hydrogens (primary N) is 1. The second kappa shape index (κ2) is 5.89. The molecule has 0 unspecified atom stereocenters. The Bertz CT molecular complexity index is 801. The molecular formula is C17H14N2OS. The lowest BCUT2D eigenvalue weighted by Gasteiger charge is -2.08. The van der Waals surface area contributed by atoms with Crippen LogP contribution in [0.25, 0.3) is 10.9 Å². The highest BCUT2D eigenvalue weighted by Gasteiger charge is 2.01. The lowest BCUT2D eigenvalue weighted by atomic mass is 10.1. The van der Waals surface area contributed by atoms with Gasteiger partial charge in [0.2, 0.25) is 0 Å². The zero-order chi connectivity index (χ0) is 14.7. The molecule has 1 heterocycles. The first-order chi connectivity index (χ1) is 10.2. The van der Waals surface area contributed by atoms with E-state index in [1.165, 1.54) is 0 Å². The highest BCUT2D eigenvalue weighted by atomic mass is 32.1. The Labute approximate surface area is 128 Å². The fourth-order valence-corrected chi connectivity index (χ4v) is 2.25. The maximum absolute atomic E-state index is 5.80. The molecule has 104 valence electrons. The molecule has 1 aromatic heterocycles. The van der Waals surface area contributed by atoms with Crippen LogP contribution in [0, 0.1) is 0 Å². The number of hydrogen-bond donors (Lipinski definition) is 1. The van der Waals surface area contributed by atoms with E-state index in [2.05, 4.69) is 11.1 Å². The largest absolute Gasteiger partial charge is 0.489 e. The average molecular weight is 294 g/mol. The Hall–Kier alpha value is -2.46. The molecule has 0 aliphatic heterocycles. The van der Waals surface area contributed by atoms with Crippen molar-refractivity contribution in [2.45, 2.75) is 6.61 Å². The van der Waals surface area contributed by atoms with Crippen LogP contribution in [0.4, 0.5) is 0 Å². The molecule has 3 rings (SSSR count). The Morgan fingerprint density at radius 3 is 2.86 bits per heavy atom. The molecule has 0 fully saturated rings. The zero-order valence-corrected chi connectivity index (χ0v) is 12.1. The Kier molecular flexibility index (Phi) is 3.79. The molecule has 2 N–H and O–H groups in total. The first kappa shape index (κ1) is 13.5. The van der Waals surface area contributed by atoms with Crippen LogP contribution < -0.4 is 10.5 Å². The molecule has 0 aliphatic rings. The van der Waals surface area contributed by atoms with Gasteiger partial charge in [-0.05, 0) is 35.9 Å². The molecule has 0 amide bonds. The molecule has 0 spiro atoms. The van der Waals surface area contributed by atoms with Gasteiger partial charge in [-0.25, -0.2) is 0 Å². The molecule has 0 aliphatic carbocycles. The minimum Gasteiger partial charge on any atom is -0.489 e. The van der Waals surface area contributed by atoms with Gasteiger partial charge in [0.15, 0.2) is 0 Å². The molecule has 0 radical (unpaired) electrons. The van der Waals surface area contributed by atoms with Gasteiger partial charge < -0.3 is 10.5 Å². The number of ether oxygens (including phenoxy) is 1. The zero-order valence-electron chi connectivity index (χ0n) is 11.3. The first-order valence-corrected chi connectivity index (χ1v) is 6.99. The molecule has 3 aromatic rings. The number of fused-ring (bicyclic) bond motifs is 1. The third-order valence-corrected chi connectivity index (χ3v) is 3.43. The minimum atomic E-state index is 0.372. The van der Waals surface area contributed by atoms with Gasteiger partial charge in [-0.15, -0.1) is 0 Å². The monoisotopic (exact) mass is 294 g/mol. The van der Waals surface area contributed by atoms with Crippen LogP contribution in [0.3, 0.4) is 0 Å². The van der Waals surface area contributed by atoms with E-state index in [1.54, 1.807) is 6.20 Å². The highest BCUT2D eigenvalue weighted by molar-refractivity contribution is 7.80. The maximum Gasteiger partial charge on any atom is 0.120 e. The summed E-state index contributed by atoms with van der Waals surface area (Å²) < 4.78 is 5.80. The van der Waals surface area contributed by atoms with Gasteiger partial charge in [0, 0.05) is 17.1 Å². The van der Waals surface area contributed by atoms with Crippen molar-refractivity contribution in [3.05, 3.63) is 71.9 Å². The summed E-state index contributed by atoms with van der Waals surface area (Å²) in [6.07, 6.45) is 1.79. The van der Waals surface area contributed by atoms with Crippen LogP contribution in [0.1, 0.15) is 11.1 Å². The van der Waals surface area contributed by atoms with E-state index in [0.29, 0.717) is 11.6 Å². The van der Waals surface area contributed by atoms with Crippen molar-refractivity contribution in [2.75, 3.05) is 0 Å². The topological polar surface area (TPSA) is 48.1 Å². The minimum absolute atomic E-state index is 0.372. The summed E-state index contributed by atoms with van der Waals surface area (Å²) in [5.74, 6) is 0.756. The van der Waals surface area contributed by atoms with Gasteiger partial charge in [0.05, 0.1) is 5.52 Å². The summed E-state index contributed by atoms with van der Waals surface area (Å²) in [4.78, 5) is 4.68. The maximum atomic E-state index is 5.80. The SMILES string of the molecule is NC(=S)c1cccc(OCc2ccc3ncccc3c2)c1. The van der Waals surface area contributed by atoms with Gasteiger partial charge >= 0.3 is 0 Å². The number of aromatic nitrogens is 1. The van der Waals surface area contributed by atoms with Gasteiger partial charge in [-0.3, -0.25) is 4.98 Å². The van der Waals surface area contributed by atoms with Crippen molar-refractivity contribution < 1.29 is 4.74 Å². The van der Waals surface area contributed by atoms with E-state index in [9.17, 15) is 0 Å². The normalized spacial score (nSPS) is 10.5. The van der Waals surface area contributed by atoms with Crippen molar-refractivity contribution in [1.29, 1.82) is 0 Å². The number of rotatable bonds is 4. The van der Waals surface area contributed by atoms with E-state index in [4.69, 9.17) is 22.7 Å². The van der Waals surface area contributed by atoms with Gasteiger partial charge in [0.25, 0.3) is 0 Å². The summed E-state index contributed by atoms with van der Waals surface area (Å²) in [6.45, 7) is 0.492. The van der Waals surface area contributed by atoms with Crippen LogP contribution in [0.5, 0.6) is 5.75 Å².